The van der Waals surface area contributed by atoms with Crippen LogP contribution in [0.4, 0.5) is 10.1 Å². The number of hydrogen-bond acceptors (Lipinski definition) is 3. The molecule has 30 heavy (non-hydrogen) atoms. The molecule has 2 N–H and O–H groups in total. The fourth-order valence-corrected chi connectivity index (χ4v) is 4.37. The molecular formula is C24H28FN3O2. The lowest BCUT2D eigenvalue weighted by atomic mass is 9.89. The Morgan fingerprint density at radius 3 is 2.70 bits per heavy atom. The molecule has 6 heteroatoms. The number of carbonyl (C=O) groups is 2. The van der Waals surface area contributed by atoms with E-state index in [2.05, 4.69) is 34.6 Å². The topological polar surface area (TPSA) is 61.4 Å². The van der Waals surface area contributed by atoms with Crippen molar-refractivity contribution in [3.63, 3.8) is 0 Å². The van der Waals surface area contributed by atoms with Gasteiger partial charge in [0.25, 0.3) is 0 Å². The SMILES string of the molecule is CC1CCCCN1Cc1ccc(CNC(=O)C2CC(=O)Nc3cc(F)ccc32)cc1. The summed E-state index contributed by atoms with van der Waals surface area (Å²) in [6.07, 6.45) is 3.91. The second-order valence-corrected chi connectivity index (χ2v) is 8.39. The second-order valence-electron chi connectivity index (χ2n) is 8.39. The first-order valence-corrected chi connectivity index (χ1v) is 10.7. The van der Waals surface area contributed by atoms with Gasteiger partial charge in [0.1, 0.15) is 5.82 Å². The van der Waals surface area contributed by atoms with Crippen LogP contribution in [0.3, 0.4) is 0 Å². The fraction of sp³-hybridized carbons (Fsp3) is 0.417. The van der Waals surface area contributed by atoms with Gasteiger partial charge < -0.3 is 10.6 Å². The van der Waals surface area contributed by atoms with Gasteiger partial charge in [0, 0.05) is 31.2 Å². The van der Waals surface area contributed by atoms with E-state index < -0.39 is 11.7 Å². The Bertz CT molecular complexity index is 929. The lowest BCUT2D eigenvalue weighted by Gasteiger charge is -2.33. The van der Waals surface area contributed by atoms with E-state index in [4.69, 9.17) is 0 Å². The number of piperidine rings is 1. The molecule has 2 amide bonds. The first kappa shape index (κ1) is 20.5. The molecule has 2 aliphatic heterocycles. The number of hydrogen-bond donors (Lipinski definition) is 2. The van der Waals surface area contributed by atoms with Gasteiger partial charge in [-0.1, -0.05) is 36.8 Å². The van der Waals surface area contributed by atoms with Crippen molar-refractivity contribution in [1.29, 1.82) is 0 Å². The molecule has 2 atom stereocenters. The van der Waals surface area contributed by atoms with Crippen LogP contribution >= 0.6 is 0 Å². The number of benzene rings is 2. The second kappa shape index (κ2) is 8.96. The Hall–Kier alpha value is -2.73. The average molecular weight is 410 g/mol. The van der Waals surface area contributed by atoms with Crippen LogP contribution in [-0.2, 0) is 22.7 Å². The van der Waals surface area contributed by atoms with Gasteiger partial charge in [0.15, 0.2) is 0 Å². The molecule has 0 radical (unpaired) electrons. The maximum Gasteiger partial charge on any atom is 0.228 e. The molecule has 2 aromatic rings. The Labute approximate surface area is 176 Å². The molecule has 0 aliphatic carbocycles. The quantitative estimate of drug-likeness (QED) is 0.786. The minimum atomic E-state index is -0.603. The molecule has 2 aliphatic rings. The predicted molar refractivity (Wildman–Crippen MR) is 114 cm³/mol. The van der Waals surface area contributed by atoms with Crippen molar-refractivity contribution in [2.75, 3.05) is 11.9 Å². The third-order valence-corrected chi connectivity index (χ3v) is 6.19. The van der Waals surface area contributed by atoms with E-state index in [0.29, 0.717) is 23.8 Å². The summed E-state index contributed by atoms with van der Waals surface area (Å²) in [4.78, 5) is 27.2. The summed E-state index contributed by atoms with van der Waals surface area (Å²) in [5.41, 5.74) is 3.32. The molecule has 1 saturated heterocycles. The zero-order valence-electron chi connectivity index (χ0n) is 17.3. The number of likely N-dealkylation sites (tertiary alicyclic amines) is 1. The van der Waals surface area contributed by atoms with Crippen molar-refractivity contribution in [2.45, 2.75) is 57.7 Å². The van der Waals surface area contributed by atoms with Crippen molar-refractivity contribution in [3.8, 4) is 0 Å². The van der Waals surface area contributed by atoms with Gasteiger partial charge in [-0.05, 0) is 55.1 Å². The van der Waals surface area contributed by atoms with E-state index >= 15 is 0 Å². The first-order valence-electron chi connectivity index (χ1n) is 10.7. The molecule has 1 fully saturated rings. The van der Waals surface area contributed by atoms with Crippen LogP contribution in [0.5, 0.6) is 0 Å². The number of carbonyl (C=O) groups excluding carboxylic acids is 2. The molecule has 0 spiro atoms. The van der Waals surface area contributed by atoms with E-state index in [-0.39, 0.29) is 18.2 Å². The maximum atomic E-state index is 13.5. The van der Waals surface area contributed by atoms with Gasteiger partial charge in [-0.15, -0.1) is 0 Å². The highest BCUT2D eigenvalue weighted by Crippen LogP contribution is 2.33. The molecule has 2 heterocycles. The Balaban J connectivity index is 1.36. The monoisotopic (exact) mass is 409 g/mol. The van der Waals surface area contributed by atoms with Crippen LogP contribution in [0, 0.1) is 5.82 Å². The van der Waals surface area contributed by atoms with E-state index in [0.717, 1.165) is 18.7 Å². The number of fused-ring (bicyclic) bond motifs is 1. The highest BCUT2D eigenvalue weighted by atomic mass is 19.1. The standard InChI is InChI=1S/C24H28FN3O2/c1-16-4-2-3-11-28(16)15-18-7-5-17(6-8-18)14-26-24(30)21-13-23(29)27-22-12-19(25)9-10-20(21)22/h5-10,12,16,21H,2-4,11,13-15H2,1H3,(H,26,30)(H,27,29). The average Bonchev–Trinajstić information content (AvgIpc) is 2.73. The molecule has 5 nitrogen and oxygen atoms in total. The predicted octanol–water partition coefficient (Wildman–Crippen LogP) is 3.94. The third-order valence-electron chi connectivity index (χ3n) is 6.19. The van der Waals surface area contributed by atoms with Gasteiger partial charge >= 0.3 is 0 Å². The Kier molecular flexibility index (Phi) is 6.13. The summed E-state index contributed by atoms with van der Waals surface area (Å²) in [6.45, 7) is 4.80. The van der Waals surface area contributed by atoms with Crippen LogP contribution in [-0.4, -0.2) is 29.3 Å². The number of nitrogens with one attached hydrogen (secondary N) is 2. The molecular weight excluding hydrogens is 381 g/mol. The van der Waals surface area contributed by atoms with Crippen LogP contribution in [0.25, 0.3) is 0 Å². The lowest BCUT2D eigenvalue weighted by Crippen LogP contribution is -2.36. The van der Waals surface area contributed by atoms with Crippen molar-refractivity contribution in [3.05, 3.63) is 65.0 Å². The molecule has 0 saturated carbocycles. The molecule has 158 valence electrons. The summed E-state index contributed by atoms with van der Waals surface area (Å²) < 4.78 is 13.5. The van der Waals surface area contributed by atoms with Gasteiger partial charge in [-0.3, -0.25) is 14.5 Å². The van der Waals surface area contributed by atoms with Crippen LogP contribution in [0.1, 0.15) is 55.2 Å². The van der Waals surface area contributed by atoms with Gasteiger partial charge in [-0.2, -0.15) is 0 Å². The minimum Gasteiger partial charge on any atom is -0.351 e. The molecule has 2 unspecified atom stereocenters. The summed E-state index contributed by atoms with van der Waals surface area (Å²) in [5.74, 6) is -1.53. The summed E-state index contributed by atoms with van der Waals surface area (Å²) in [6, 6.07) is 13.1. The normalized spacial score (nSPS) is 21.6. The summed E-state index contributed by atoms with van der Waals surface area (Å²) >= 11 is 0. The highest BCUT2D eigenvalue weighted by Gasteiger charge is 2.30. The van der Waals surface area contributed by atoms with Crippen molar-refractivity contribution >= 4 is 17.5 Å². The van der Waals surface area contributed by atoms with E-state index in [9.17, 15) is 14.0 Å². The Morgan fingerprint density at radius 2 is 1.93 bits per heavy atom. The smallest absolute Gasteiger partial charge is 0.228 e. The number of anilines is 1. The minimum absolute atomic E-state index is 0.0669. The van der Waals surface area contributed by atoms with Crippen LogP contribution in [0.2, 0.25) is 0 Å². The zero-order valence-corrected chi connectivity index (χ0v) is 17.3. The summed E-state index contributed by atoms with van der Waals surface area (Å²) in [7, 11) is 0. The number of nitrogens with zero attached hydrogens (tertiary/aromatic N) is 1. The zero-order chi connectivity index (χ0) is 21.1. The van der Waals surface area contributed by atoms with E-state index in [1.165, 1.54) is 37.0 Å². The van der Waals surface area contributed by atoms with E-state index in [1.54, 1.807) is 6.07 Å². The number of halogens is 1. The molecule has 0 aromatic heterocycles. The third kappa shape index (κ3) is 4.70. The van der Waals surface area contributed by atoms with Crippen molar-refractivity contribution < 1.29 is 14.0 Å². The summed E-state index contributed by atoms with van der Waals surface area (Å²) in [5, 5.41) is 5.57. The Morgan fingerprint density at radius 1 is 1.17 bits per heavy atom. The van der Waals surface area contributed by atoms with Gasteiger partial charge in [-0.25, -0.2) is 4.39 Å². The lowest BCUT2D eigenvalue weighted by molar-refractivity contribution is -0.126. The highest BCUT2D eigenvalue weighted by molar-refractivity contribution is 6.01. The van der Waals surface area contributed by atoms with Crippen molar-refractivity contribution in [1.82, 2.24) is 10.2 Å². The van der Waals surface area contributed by atoms with Crippen molar-refractivity contribution in [2.24, 2.45) is 0 Å². The first-order chi connectivity index (χ1) is 14.5. The largest absolute Gasteiger partial charge is 0.351 e. The number of amides is 2. The molecule has 0 bridgehead atoms. The van der Waals surface area contributed by atoms with Crippen LogP contribution < -0.4 is 10.6 Å². The number of rotatable bonds is 5. The fourth-order valence-electron chi connectivity index (χ4n) is 4.37. The molecule has 2 aromatic carbocycles. The maximum absolute atomic E-state index is 13.5. The van der Waals surface area contributed by atoms with E-state index in [1.807, 2.05) is 12.1 Å². The van der Waals surface area contributed by atoms with Crippen LogP contribution in [0.15, 0.2) is 42.5 Å². The van der Waals surface area contributed by atoms with Gasteiger partial charge in [0.2, 0.25) is 11.8 Å². The molecule has 4 rings (SSSR count). The van der Waals surface area contributed by atoms with Gasteiger partial charge in [0.05, 0.1) is 5.92 Å².